The molecule has 0 bridgehead atoms. The van der Waals surface area contributed by atoms with E-state index in [1.54, 1.807) is 11.8 Å². The Hall–Kier alpha value is -2.95. The lowest BCUT2D eigenvalue weighted by atomic mass is 10.0. The molecule has 11 heteroatoms. The number of hydrogen-bond donors (Lipinski definition) is 1. The number of thiophene rings is 1. The zero-order chi connectivity index (χ0) is 19.6. The first-order valence-corrected chi connectivity index (χ1v) is 9.11. The van der Waals surface area contributed by atoms with Gasteiger partial charge in [-0.2, -0.15) is 0 Å². The van der Waals surface area contributed by atoms with Crippen LogP contribution in [0.5, 0.6) is 5.95 Å². The van der Waals surface area contributed by atoms with Crippen molar-refractivity contribution >= 4 is 34.1 Å². The normalized spacial score (nSPS) is 13.2. The standard InChI is InChI=1S/C16H18N4O6S/c1-3-25-16(24)14-10-4-5-19(9(2)21)6-11(10)27-15(14)17-12(22)7-20-8-13(23)26-18-20/h8H,3-7H2,1-2H3,(H-,17,18,22,23,24). The third-order valence-corrected chi connectivity index (χ3v) is 5.16. The Labute approximate surface area is 158 Å². The number of fused-ring (bicyclic) bond motifs is 1. The highest BCUT2D eigenvalue weighted by molar-refractivity contribution is 7.17. The summed E-state index contributed by atoms with van der Waals surface area (Å²) in [6, 6.07) is 0. The molecule has 144 valence electrons. The topological polar surface area (TPSA) is 129 Å². The minimum Gasteiger partial charge on any atom is -0.539 e. The summed E-state index contributed by atoms with van der Waals surface area (Å²) in [7, 11) is 0. The fraction of sp³-hybridized carbons (Fsp3) is 0.438. The lowest BCUT2D eigenvalue weighted by molar-refractivity contribution is -0.750. The van der Waals surface area contributed by atoms with E-state index in [2.05, 4.69) is 15.1 Å². The summed E-state index contributed by atoms with van der Waals surface area (Å²) in [5, 5.41) is 17.4. The van der Waals surface area contributed by atoms with E-state index in [0.29, 0.717) is 30.1 Å². The first kappa shape index (κ1) is 18.8. The number of nitrogens with one attached hydrogen (secondary N) is 1. The molecule has 0 saturated heterocycles. The molecule has 1 N–H and O–H groups in total. The minimum atomic E-state index is -0.661. The summed E-state index contributed by atoms with van der Waals surface area (Å²) in [5.41, 5.74) is 1.12. The van der Waals surface area contributed by atoms with E-state index >= 15 is 0 Å². The van der Waals surface area contributed by atoms with Crippen molar-refractivity contribution in [2.75, 3.05) is 18.5 Å². The fourth-order valence-corrected chi connectivity index (χ4v) is 4.10. The van der Waals surface area contributed by atoms with Crippen LogP contribution in [-0.2, 0) is 33.8 Å². The largest absolute Gasteiger partial charge is 0.539 e. The van der Waals surface area contributed by atoms with Gasteiger partial charge in [0.15, 0.2) is 0 Å². The van der Waals surface area contributed by atoms with Crippen LogP contribution in [0.1, 0.15) is 34.6 Å². The van der Waals surface area contributed by atoms with Gasteiger partial charge in [0.2, 0.25) is 12.1 Å². The molecule has 0 atom stereocenters. The van der Waals surface area contributed by atoms with E-state index in [0.717, 1.165) is 21.3 Å². The maximum atomic E-state index is 12.4. The molecule has 0 aromatic carbocycles. The highest BCUT2D eigenvalue weighted by atomic mass is 32.1. The van der Waals surface area contributed by atoms with Gasteiger partial charge in [-0.25, -0.2) is 4.79 Å². The minimum absolute atomic E-state index is 0.0480. The van der Waals surface area contributed by atoms with Gasteiger partial charge in [0.05, 0.1) is 24.0 Å². The number of nitrogens with zero attached hydrogens (tertiary/aromatic N) is 3. The summed E-state index contributed by atoms with van der Waals surface area (Å²) in [6.07, 6.45) is 1.56. The second-order valence-corrected chi connectivity index (χ2v) is 6.99. The van der Waals surface area contributed by atoms with Crippen LogP contribution in [0.3, 0.4) is 0 Å². The molecule has 2 aromatic rings. The SMILES string of the molecule is CCOC(=O)c1c(NC(=O)C[n+]2cc([O-])on2)sc2c1CCN(C(C)=O)C2. The zero-order valence-corrected chi connectivity index (χ0v) is 15.6. The van der Waals surface area contributed by atoms with Crippen LogP contribution >= 0.6 is 11.3 Å². The third-order valence-electron chi connectivity index (χ3n) is 4.03. The summed E-state index contributed by atoms with van der Waals surface area (Å²) in [4.78, 5) is 38.9. The van der Waals surface area contributed by atoms with Crippen molar-refractivity contribution in [3.05, 3.63) is 22.2 Å². The number of aromatic nitrogens is 2. The average Bonchev–Trinajstić information content (AvgIpc) is 3.16. The highest BCUT2D eigenvalue weighted by Crippen LogP contribution is 2.37. The number of amides is 2. The van der Waals surface area contributed by atoms with Gasteiger partial charge in [-0.3, -0.25) is 9.59 Å². The van der Waals surface area contributed by atoms with Gasteiger partial charge >= 0.3 is 5.97 Å². The molecular formula is C16H18N4O6S. The average molecular weight is 394 g/mol. The lowest BCUT2D eigenvalue weighted by Gasteiger charge is -2.25. The summed E-state index contributed by atoms with van der Waals surface area (Å²) in [5.74, 6) is -1.70. The first-order valence-electron chi connectivity index (χ1n) is 8.29. The molecule has 27 heavy (non-hydrogen) atoms. The molecule has 0 spiro atoms. The van der Waals surface area contributed by atoms with Crippen molar-refractivity contribution < 1.29 is 33.4 Å². The molecule has 1 aliphatic rings. The van der Waals surface area contributed by atoms with Crippen molar-refractivity contribution in [3.63, 3.8) is 0 Å². The van der Waals surface area contributed by atoms with Crippen LogP contribution < -0.4 is 15.1 Å². The van der Waals surface area contributed by atoms with Gasteiger partial charge in [-0.15, -0.1) is 11.3 Å². The first-order chi connectivity index (χ1) is 12.9. The number of esters is 1. The smallest absolute Gasteiger partial charge is 0.341 e. The van der Waals surface area contributed by atoms with Crippen LogP contribution in [0.4, 0.5) is 5.00 Å². The number of ether oxygens (including phenoxy) is 1. The monoisotopic (exact) mass is 394 g/mol. The summed E-state index contributed by atoms with van der Waals surface area (Å²) < 4.78 is 10.6. The molecule has 3 rings (SSSR count). The van der Waals surface area contributed by atoms with Crippen LogP contribution in [0, 0.1) is 0 Å². The van der Waals surface area contributed by atoms with Crippen molar-refractivity contribution in [2.45, 2.75) is 33.4 Å². The number of hydrogen-bond acceptors (Lipinski definition) is 8. The second-order valence-electron chi connectivity index (χ2n) is 5.89. The third kappa shape index (κ3) is 4.08. The van der Waals surface area contributed by atoms with Crippen LogP contribution in [0.15, 0.2) is 10.7 Å². The van der Waals surface area contributed by atoms with Gasteiger partial charge in [-0.1, -0.05) is 4.68 Å². The quantitative estimate of drug-likeness (QED) is 0.550. The predicted molar refractivity (Wildman–Crippen MR) is 89.8 cm³/mol. The van der Waals surface area contributed by atoms with E-state index in [-0.39, 0.29) is 19.1 Å². The predicted octanol–water partition coefficient (Wildman–Crippen LogP) is -0.183. The lowest BCUT2D eigenvalue weighted by Crippen LogP contribution is -2.41. The number of carbonyl (C=O) groups is 3. The number of rotatable bonds is 5. The van der Waals surface area contributed by atoms with Gasteiger partial charge in [0.25, 0.3) is 12.5 Å². The van der Waals surface area contributed by atoms with E-state index in [9.17, 15) is 19.5 Å². The molecular weight excluding hydrogens is 376 g/mol. The van der Waals surface area contributed by atoms with Gasteiger partial charge in [0.1, 0.15) is 10.9 Å². The molecule has 2 aromatic heterocycles. The molecule has 10 nitrogen and oxygen atoms in total. The van der Waals surface area contributed by atoms with E-state index in [1.165, 1.54) is 18.3 Å². The van der Waals surface area contributed by atoms with Crippen molar-refractivity contribution in [3.8, 4) is 5.95 Å². The Balaban J connectivity index is 1.85. The molecule has 1 aliphatic heterocycles. The van der Waals surface area contributed by atoms with Crippen molar-refractivity contribution in [1.82, 2.24) is 10.2 Å². The van der Waals surface area contributed by atoms with Gasteiger partial charge < -0.3 is 24.6 Å². The molecule has 2 amide bonds. The molecule has 0 radical (unpaired) electrons. The van der Waals surface area contributed by atoms with Crippen LogP contribution in [0.25, 0.3) is 0 Å². The Morgan fingerprint density at radius 2 is 2.26 bits per heavy atom. The molecule has 0 saturated carbocycles. The van der Waals surface area contributed by atoms with Gasteiger partial charge in [-0.05, 0) is 18.9 Å². The van der Waals surface area contributed by atoms with E-state index in [1.807, 2.05) is 0 Å². The second kappa shape index (κ2) is 7.74. The van der Waals surface area contributed by atoms with Crippen molar-refractivity contribution in [2.24, 2.45) is 0 Å². The Bertz CT molecular complexity index is 890. The molecule has 0 aliphatic carbocycles. The number of carbonyl (C=O) groups excluding carboxylic acids is 3. The van der Waals surface area contributed by atoms with Crippen molar-refractivity contribution in [1.29, 1.82) is 0 Å². The molecule has 3 heterocycles. The summed E-state index contributed by atoms with van der Waals surface area (Å²) in [6.45, 7) is 4.05. The van der Waals surface area contributed by atoms with Gasteiger partial charge in [0, 0.05) is 18.3 Å². The number of anilines is 1. The Morgan fingerprint density at radius 1 is 1.48 bits per heavy atom. The molecule has 0 unspecified atom stereocenters. The molecule has 0 fully saturated rings. The zero-order valence-electron chi connectivity index (χ0n) is 14.8. The van der Waals surface area contributed by atoms with Crippen LogP contribution in [0.2, 0.25) is 0 Å². The van der Waals surface area contributed by atoms with Crippen LogP contribution in [-0.4, -0.2) is 41.1 Å². The maximum Gasteiger partial charge on any atom is 0.341 e. The fourth-order valence-electron chi connectivity index (χ4n) is 2.83. The summed E-state index contributed by atoms with van der Waals surface area (Å²) >= 11 is 1.24. The maximum absolute atomic E-state index is 12.4. The van der Waals surface area contributed by atoms with E-state index in [4.69, 9.17) is 4.74 Å². The Kier molecular flexibility index (Phi) is 5.40. The Morgan fingerprint density at radius 3 is 2.89 bits per heavy atom. The highest BCUT2D eigenvalue weighted by Gasteiger charge is 2.30. The van der Waals surface area contributed by atoms with E-state index < -0.39 is 17.8 Å².